The Kier molecular flexibility index (Phi) is 3.61. The number of thiazole rings is 1. The van der Waals surface area contributed by atoms with Crippen LogP contribution in [0, 0.1) is 6.92 Å². The van der Waals surface area contributed by atoms with E-state index in [2.05, 4.69) is 27.8 Å². The fourth-order valence-corrected chi connectivity index (χ4v) is 3.08. The summed E-state index contributed by atoms with van der Waals surface area (Å²) in [7, 11) is 1.67. The van der Waals surface area contributed by atoms with Gasteiger partial charge in [0.2, 0.25) is 0 Å². The molecule has 0 amide bonds. The van der Waals surface area contributed by atoms with Gasteiger partial charge in [0.15, 0.2) is 0 Å². The van der Waals surface area contributed by atoms with Crippen LogP contribution in [0.2, 0.25) is 0 Å². The lowest BCUT2D eigenvalue weighted by Gasteiger charge is -1.99. The number of benzene rings is 1. The molecule has 0 aliphatic rings. The first-order chi connectivity index (χ1) is 7.74. The van der Waals surface area contributed by atoms with E-state index in [1.54, 1.807) is 18.4 Å². The molecule has 84 valence electrons. The van der Waals surface area contributed by atoms with Gasteiger partial charge >= 0.3 is 0 Å². The van der Waals surface area contributed by atoms with Crippen LogP contribution in [0.4, 0.5) is 0 Å². The Morgan fingerprint density at radius 2 is 2.00 bits per heavy atom. The molecule has 0 spiro atoms. The van der Waals surface area contributed by atoms with Gasteiger partial charge in [0.1, 0.15) is 10.8 Å². The van der Waals surface area contributed by atoms with Crippen LogP contribution in [-0.2, 0) is 5.33 Å². The lowest BCUT2D eigenvalue weighted by Crippen LogP contribution is -1.83. The van der Waals surface area contributed by atoms with Crippen LogP contribution in [0.5, 0.6) is 5.75 Å². The number of rotatable bonds is 3. The van der Waals surface area contributed by atoms with Crippen LogP contribution in [0.25, 0.3) is 10.6 Å². The second-order valence-electron chi connectivity index (χ2n) is 3.38. The number of nitrogens with zero attached hydrogens (tertiary/aromatic N) is 1. The summed E-state index contributed by atoms with van der Waals surface area (Å²) in [6.45, 7) is 2.10. The minimum atomic E-state index is 0.811. The van der Waals surface area contributed by atoms with Crippen molar-refractivity contribution in [2.24, 2.45) is 0 Å². The van der Waals surface area contributed by atoms with Gasteiger partial charge in [-0.15, -0.1) is 11.3 Å². The van der Waals surface area contributed by atoms with Crippen molar-refractivity contribution in [1.29, 1.82) is 0 Å². The summed E-state index contributed by atoms with van der Waals surface area (Å²) in [5.41, 5.74) is 2.26. The number of aryl methyl sites for hydroxylation is 1. The zero-order chi connectivity index (χ0) is 11.5. The van der Waals surface area contributed by atoms with Crippen LogP contribution in [0.1, 0.15) is 10.6 Å². The maximum absolute atomic E-state index is 5.13. The predicted octanol–water partition coefficient (Wildman–Crippen LogP) is 4.02. The third-order valence-corrected chi connectivity index (χ3v) is 3.95. The number of aromatic nitrogens is 1. The Morgan fingerprint density at radius 3 is 2.50 bits per heavy atom. The largest absolute Gasteiger partial charge is 0.497 e. The van der Waals surface area contributed by atoms with Gasteiger partial charge in [-0.3, -0.25) is 0 Å². The maximum Gasteiger partial charge on any atom is 0.123 e. The highest BCUT2D eigenvalue weighted by Crippen LogP contribution is 2.29. The number of halogens is 1. The van der Waals surface area contributed by atoms with E-state index in [-0.39, 0.29) is 0 Å². The lowest BCUT2D eigenvalue weighted by molar-refractivity contribution is 0.415. The Labute approximate surface area is 107 Å². The molecule has 0 radical (unpaired) electrons. The summed E-state index contributed by atoms with van der Waals surface area (Å²) >= 11 is 5.16. The van der Waals surface area contributed by atoms with E-state index in [1.165, 1.54) is 4.88 Å². The summed E-state index contributed by atoms with van der Waals surface area (Å²) in [5.74, 6) is 0.873. The fraction of sp³-hybridized carbons (Fsp3) is 0.250. The average molecular weight is 298 g/mol. The monoisotopic (exact) mass is 297 g/mol. The number of ether oxygens (including phenoxy) is 1. The first-order valence-corrected chi connectivity index (χ1v) is 6.85. The number of methoxy groups -OCH3 is 1. The van der Waals surface area contributed by atoms with E-state index < -0.39 is 0 Å². The van der Waals surface area contributed by atoms with Gasteiger partial charge in [-0.1, -0.05) is 15.9 Å². The predicted molar refractivity (Wildman–Crippen MR) is 71.5 cm³/mol. The molecule has 0 saturated carbocycles. The van der Waals surface area contributed by atoms with Gasteiger partial charge in [0.05, 0.1) is 12.8 Å². The van der Waals surface area contributed by atoms with Gasteiger partial charge in [0.25, 0.3) is 0 Å². The van der Waals surface area contributed by atoms with Crippen LogP contribution in [-0.4, -0.2) is 12.1 Å². The van der Waals surface area contributed by atoms with E-state index in [9.17, 15) is 0 Å². The Hall–Kier alpha value is -0.870. The molecule has 1 heterocycles. The SMILES string of the molecule is COc1ccc(-c2nc(CBr)c(C)s2)cc1. The summed E-state index contributed by atoms with van der Waals surface area (Å²) < 4.78 is 5.13. The van der Waals surface area contributed by atoms with Gasteiger partial charge in [0, 0.05) is 15.8 Å². The highest BCUT2D eigenvalue weighted by Gasteiger charge is 2.08. The molecule has 0 N–H and O–H groups in total. The molecule has 0 unspecified atom stereocenters. The van der Waals surface area contributed by atoms with Gasteiger partial charge in [-0.2, -0.15) is 0 Å². The number of hydrogen-bond donors (Lipinski definition) is 0. The van der Waals surface area contributed by atoms with Crippen molar-refractivity contribution in [3.8, 4) is 16.3 Å². The summed E-state index contributed by atoms with van der Waals surface area (Å²) in [6, 6.07) is 7.99. The lowest BCUT2D eigenvalue weighted by atomic mass is 10.2. The zero-order valence-corrected chi connectivity index (χ0v) is 11.6. The third-order valence-electron chi connectivity index (χ3n) is 2.36. The van der Waals surface area contributed by atoms with Crippen molar-refractivity contribution in [2.75, 3.05) is 7.11 Å². The van der Waals surface area contributed by atoms with Gasteiger partial charge < -0.3 is 4.74 Å². The molecule has 1 aromatic carbocycles. The van der Waals surface area contributed by atoms with Crippen molar-refractivity contribution in [2.45, 2.75) is 12.3 Å². The molecule has 16 heavy (non-hydrogen) atoms. The molecular weight excluding hydrogens is 286 g/mol. The van der Waals surface area contributed by atoms with Gasteiger partial charge in [-0.25, -0.2) is 4.98 Å². The number of hydrogen-bond acceptors (Lipinski definition) is 3. The van der Waals surface area contributed by atoms with Crippen molar-refractivity contribution in [3.63, 3.8) is 0 Å². The molecule has 0 aliphatic carbocycles. The quantitative estimate of drug-likeness (QED) is 0.798. The first kappa shape index (κ1) is 11.6. The van der Waals surface area contributed by atoms with E-state index >= 15 is 0 Å². The highest BCUT2D eigenvalue weighted by atomic mass is 79.9. The molecule has 2 rings (SSSR count). The fourth-order valence-electron chi connectivity index (χ4n) is 1.41. The van der Waals surface area contributed by atoms with Crippen LogP contribution >= 0.6 is 27.3 Å². The summed E-state index contributed by atoms with van der Waals surface area (Å²) in [4.78, 5) is 5.85. The minimum Gasteiger partial charge on any atom is -0.497 e. The standard InChI is InChI=1S/C12H12BrNOS/c1-8-11(7-13)14-12(16-8)9-3-5-10(15-2)6-4-9/h3-6H,7H2,1-2H3. The molecule has 2 aromatic rings. The molecular formula is C12H12BrNOS. The second-order valence-corrected chi connectivity index (χ2v) is 5.15. The van der Waals surface area contributed by atoms with Crippen LogP contribution < -0.4 is 4.74 Å². The Bertz CT molecular complexity index is 478. The second kappa shape index (κ2) is 4.97. The topological polar surface area (TPSA) is 22.1 Å². The Balaban J connectivity index is 2.34. The van der Waals surface area contributed by atoms with Crippen LogP contribution in [0.15, 0.2) is 24.3 Å². The highest BCUT2D eigenvalue weighted by molar-refractivity contribution is 9.08. The molecule has 0 bridgehead atoms. The molecule has 0 fully saturated rings. The average Bonchev–Trinajstić information content (AvgIpc) is 2.71. The van der Waals surface area contributed by atoms with Crippen molar-refractivity contribution >= 4 is 27.3 Å². The Morgan fingerprint density at radius 1 is 1.31 bits per heavy atom. The molecule has 1 aromatic heterocycles. The number of alkyl halides is 1. The van der Waals surface area contributed by atoms with E-state index in [4.69, 9.17) is 4.74 Å². The summed E-state index contributed by atoms with van der Waals surface area (Å²) in [5, 5.41) is 1.88. The van der Waals surface area contributed by atoms with E-state index in [0.29, 0.717) is 0 Å². The molecule has 2 nitrogen and oxygen atoms in total. The molecule has 0 saturated heterocycles. The normalized spacial score (nSPS) is 10.4. The maximum atomic E-state index is 5.13. The van der Waals surface area contributed by atoms with Crippen LogP contribution in [0.3, 0.4) is 0 Å². The molecule has 0 atom stereocenters. The van der Waals surface area contributed by atoms with E-state index in [1.807, 2.05) is 24.3 Å². The first-order valence-electron chi connectivity index (χ1n) is 4.91. The minimum absolute atomic E-state index is 0.811. The summed E-state index contributed by atoms with van der Waals surface area (Å²) in [6.07, 6.45) is 0. The van der Waals surface area contributed by atoms with Crippen molar-refractivity contribution in [1.82, 2.24) is 4.98 Å². The zero-order valence-electron chi connectivity index (χ0n) is 9.16. The van der Waals surface area contributed by atoms with Crippen molar-refractivity contribution < 1.29 is 4.74 Å². The van der Waals surface area contributed by atoms with Crippen molar-refractivity contribution in [3.05, 3.63) is 34.8 Å². The van der Waals surface area contributed by atoms with E-state index in [0.717, 1.165) is 27.3 Å². The third kappa shape index (κ3) is 2.28. The molecule has 0 aliphatic heterocycles. The van der Waals surface area contributed by atoms with Gasteiger partial charge in [-0.05, 0) is 31.2 Å². The smallest absolute Gasteiger partial charge is 0.123 e. The molecule has 4 heteroatoms.